The lowest BCUT2D eigenvalue weighted by Crippen LogP contribution is -2.55. The summed E-state index contributed by atoms with van der Waals surface area (Å²) >= 11 is 0. The molecule has 1 amide bonds. The average molecular weight is 575 g/mol. The van der Waals surface area contributed by atoms with Crippen molar-refractivity contribution in [3.63, 3.8) is 0 Å². The van der Waals surface area contributed by atoms with Crippen LogP contribution in [0.4, 0.5) is 0 Å². The Kier molecular flexibility index (Phi) is 9.81. The number of oxazole rings is 1. The molecule has 0 aliphatic carbocycles. The second-order valence-electron chi connectivity index (χ2n) is 9.21. The summed E-state index contributed by atoms with van der Waals surface area (Å²) in [5.74, 6) is 3.49. The maximum Gasteiger partial charge on any atom is 0.251 e. The number of carbonyl (C=O) groups is 1. The molecule has 186 valence electrons. The number of nitrogens with zero attached hydrogens (tertiary/aromatic N) is 5. The Morgan fingerprint density at radius 1 is 1.09 bits per heavy atom. The highest BCUT2D eigenvalue weighted by atomic mass is 127. The Morgan fingerprint density at radius 2 is 1.79 bits per heavy atom. The van der Waals surface area contributed by atoms with E-state index in [0.717, 1.165) is 101 Å². The van der Waals surface area contributed by atoms with E-state index in [0.29, 0.717) is 12.5 Å². The van der Waals surface area contributed by atoms with E-state index in [2.05, 4.69) is 25.1 Å². The lowest BCUT2D eigenvalue weighted by molar-refractivity contribution is -0.142. The molecular weight excluding hydrogens is 535 g/mol. The highest BCUT2D eigenvalue weighted by Gasteiger charge is 2.31. The lowest BCUT2D eigenvalue weighted by atomic mass is 9.97. The van der Waals surface area contributed by atoms with E-state index in [1.807, 2.05) is 25.8 Å². The first-order valence-corrected chi connectivity index (χ1v) is 12.0. The van der Waals surface area contributed by atoms with E-state index >= 15 is 0 Å². The van der Waals surface area contributed by atoms with Gasteiger partial charge in [-0.05, 0) is 58.5 Å². The van der Waals surface area contributed by atoms with Gasteiger partial charge in [-0.25, -0.2) is 4.98 Å². The van der Waals surface area contributed by atoms with Crippen molar-refractivity contribution in [1.29, 1.82) is 0 Å². The second-order valence-corrected chi connectivity index (χ2v) is 9.21. The predicted octanol–water partition coefficient (Wildman–Crippen LogP) is 2.02. The first-order chi connectivity index (χ1) is 15.5. The summed E-state index contributed by atoms with van der Waals surface area (Å²) in [6.45, 7) is 11.6. The van der Waals surface area contributed by atoms with Crippen LogP contribution in [0, 0.1) is 19.8 Å². The Labute approximate surface area is 214 Å². The number of aromatic nitrogens is 1. The molecule has 1 unspecified atom stereocenters. The molecule has 0 bridgehead atoms. The highest BCUT2D eigenvalue weighted by Crippen LogP contribution is 2.20. The SMILES string of the molecule is CN=C(NCC1CCN(Cc2nc(C)c(C)o2)CC1)N1CCN(C(=O)C2CCCO2)CC1.I. The Hall–Kier alpha value is -1.40. The molecule has 0 saturated carbocycles. The number of nitrogens with one attached hydrogen (secondary N) is 1. The number of aliphatic imine (C=N–C) groups is 1. The number of ether oxygens (including phenoxy) is 1. The molecule has 3 fully saturated rings. The average Bonchev–Trinajstić information content (AvgIpc) is 3.45. The molecule has 10 heteroatoms. The van der Waals surface area contributed by atoms with E-state index in [4.69, 9.17) is 9.15 Å². The number of aryl methyl sites for hydroxylation is 2. The fraction of sp³-hybridized carbons (Fsp3) is 0.783. The molecule has 1 aromatic rings. The molecule has 3 aliphatic heterocycles. The first-order valence-electron chi connectivity index (χ1n) is 12.0. The van der Waals surface area contributed by atoms with Gasteiger partial charge in [0.05, 0.1) is 12.2 Å². The third-order valence-corrected chi connectivity index (χ3v) is 7.00. The number of hydrogen-bond donors (Lipinski definition) is 1. The van der Waals surface area contributed by atoms with Gasteiger partial charge < -0.3 is 24.3 Å². The van der Waals surface area contributed by atoms with Gasteiger partial charge in [0.2, 0.25) is 5.89 Å². The number of likely N-dealkylation sites (tertiary alicyclic amines) is 1. The van der Waals surface area contributed by atoms with Gasteiger partial charge in [0.1, 0.15) is 11.9 Å². The first kappa shape index (κ1) is 26.2. The molecule has 3 saturated heterocycles. The summed E-state index contributed by atoms with van der Waals surface area (Å²) in [4.78, 5) is 28.2. The maximum absolute atomic E-state index is 12.6. The molecule has 0 radical (unpaired) electrons. The summed E-state index contributed by atoms with van der Waals surface area (Å²) in [5, 5.41) is 3.58. The van der Waals surface area contributed by atoms with E-state index in [1.165, 1.54) is 0 Å². The predicted molar refractivity (Wildman–Crippen MR) is 138 cm³/mol. The van der Waals surface area contributed by atoms with Crippen molar-refractivity contribution in [2.45, 2.75) is 52.2 Å². The van der Waals surface area contributed by atoms with Crippen LogP contribution < -0.4 is 5.32 Å². The summed E-state index contributed by atoms with van der Waals surface area (Å²) in [7, 11) is 1.84. The molecule has 0 spiro atoms. The molecule has 33 heavy (non-hydrogen) atoms. The van der Waals surface area contributed by atoms with Crippen molar-refractivity contribution < 1.29 is 13.9 Å². The molecule has 4 heterocycles. The van der Waals surface area contributed by atoms with Gasteiger partial charge in [0, 0.05) is 46.4 Å². The molecule has 0 aromatic carbocycles. The molecule has 3 aliphatic rings. The number of carbonyl (C=O) groups excluding carboxylic acids is 1. The zero-order valence-electron chi connectivity index (χ0n) is 20.2. The van der Waals surface area contributed by atoms with Gasteiger partial charge in [-0.3, -0.25) is 14.7 Å². The standard InChI is InChI=1S/C23H38N6O3.HI/c1-17-18(2)32-21(26-17)16-27-8-6-19(7-9-27)15-25-23(24-3)29-12-10-28(11-13-29)22(30)20-5-4-14-31-20;/h19-20H,4-16H2,1-3H3,(H,24,25);1H. The number of halogens is 1. The van der Waals surface area contributed by atoms with Crippen LogP contribution in [0.1, 0.15) is 43.0 Å². The summed E-state index contributed by atoms with van der Waals surface area (Å²) in [6, 6.07) is 0. The molecule has 1 aromatic heterocycles. The van der Waals surface area contributed by atoms with Gasteiger partial charge in [-0.15, -0.1) is 24.0 Å². The fourth-order valence-corrected chi connectivity index (χ4v) is 4.83. The number of piperidine rings is 1. The highest BCUT2D eigenvalue weighted by molar-refractivity contribution is 14.0. The fourth-order valence-electron chi connectivity index (χ4n) is 4.83. The van der Waals surface area contributed by atoms with Crippen LogP contribution in [-0.2, 0) is 16.1 Å². The van der Waals surface area contributed by atoms with Crippen molar-refractivity contribution in [1.82, 2.24) is 25.0 Å². The number of hydrogen-bond acceptors (Lipinski definition) is 6. The normalized spacial score (nSPS) is 23.0. The van der Waals surface area contributed by atoms with Crippen molar-refractivity contribution in [3.8, 4) is 0 Å². The van der Waals surface area contributed by atoms with Crippen molar-refractivity contribution in [3.05, 3.63) is 17.3 Å². The van der Waals surface area contributed by atoms with Crippen molar-refractivity contribution >= 4 is 35.8 Å². The van der Waals surface area contributed by atoms with E-state index < -0.39 is 0 Å². The molecule has 1 atom stereocenters. The summed E-state index contributed by atoms with van der Waals surface area (Å²) < 4.78 is 11.3. The van der Waals surface area contributed by atoms with Gasteiger partial charge in [0.25, 0.3) is 5.91 Å². The third-order valence-electron chi connectivity index (χ3n) is 7.00. The minimum atomic E-state index is -0.221. The Bertz CT molecular complexity index is 775. The van der Waals surface area contributed by atoms with Crippen molar-refractivity contribution in [2.75, 3.05) is 59.5 Å². The van der Waals surface area contributed by atoms with Crippen molar-refractivity contribution in [2.24, 2.45) is 10.9 Å². The van der Waals surface area contributed by atoms with Crippen LogP contribution in [0.3, 0.4) is 0 Å². The number of piperazine rings is 1. The zero-order chi connectivity index (χ0) is 22.5. The van der Waals surface area contributed by atoms with E-state index in [1.54, 1.807) is 0 Å². The zero-order valence-corrected chi connectivity index (χ0v) is 22.5. The Morgan fingerprint density at radius 3 is 2.36 bits per heavy atom. The largest absolute Gasteiger partial charge is 0.444 e. The summed E-state index contributed by atoms with van der Waals surface area (Å²) in [5.41, 5.74) is 0.988. The van der Waals surface area contributed by atoms with Crippen LogP contribution >= 0.6 is 24.0 Å². The molecular formula is C23H39IN6O3. The van der Waals surface area contributed by atoms with Crippen LogP contribution in [0.25, 0.3) is 0 Å². The number of amides is 1. The van der Waals surface area contributed by atoms with Gasteiger partial charge in [-0.1, -0.05) is 0 Å². The summed E-state index contributed by atoms with van der Waals surface area (Å²) in [6.07, 6.45) is 3.95. The van der Waals surface area contributed by atoms with Crippen LogP contribution in [-0.4, -0.2) is 97.1 Å². The number of rotatable bonds is 5. The maximum atomic E-state index is 12.6. The van der Waals surface area contributed by atoms with Gasteiger partial charge >= 0.3 is 0 Å². The minimum Gasteiger partial charge on any atom is -0.444 e. The van der Waals surface area contributed by atoms with Gasteiger partial charge in [-0.2, -0.15) is 0 Å². The quantitative estimate of drug-likeness (QED) is 0.327. The monoisotopic (exact) mass is 574 g/mol. The van der Waals surface area contributed by atoms with E-state index in [-0.39, 0.29) is 36.0 Å². The molecule has 9 nitrogen and oxygen atoms in total. The van der Waals surface area contributed by atoms with Crippen LogP contribution in [0.2, 0.25) is 0 Å². The van der Waals surface area contributed by atoms with Crippen LogP contribution in [0.5, 0.6) is 0 Å². The molecule has 1 N–H and O–H groups in total. The smallest absolute Gasteiger partial charge is 0.251 e. The van der Waals surface area contributed by atoms with E-state index in [9.17, 15) is 4.79 Å². The minimum absolute atomic E-state index is 0. The third kappa shape index (κ3) is 6.82. The second kappa shape index (κ2) is 12.3. The topological polar surface area (TPSA) is 86.4 Å². The van der Waals surface area contributed by atoms with Gasteiger partial charge in [0.15, 0.2) is 5.96 Å². The molecule has 4 rings (SSSR count). The Balaban J connectivity index is 0.00000306. The number of guanidine groups is 1. The van der Waals surface area contributed by atoms with Crippen LogP contribution in [0.15, 0.2) is 9.41 Å². The lowest BCUT2D eigenvalue weighted by Gasteiger charge is -2.38.